The van der Waals surface area contributed by atoms with Crippen LogP contribution in [0.3, 0.4) is 0 Å². The topological polar surface area (TPSA) is 49.8 Å². The largest absolute Gasteiger partial charge is 0.492 e. The van der Waals surface area contributed by atoms with Crippen LogP contribution < -0.4 is 4.74 Å². The summed E-state index contributed by atoms with van der Waals surface area (Å²) < 4.78 is 6.36. The summed E-state index contributed by atoms with van der Waals surface area (Å²) in [5, 5.41) is 10.5. The molecule has 4 nitrogen and oxygen atoms in total. The summed E-state index contributed by atoms with van der Waals surface area (Å²) in [6.07, 6.45) is 0.177. The Morgan fingerprint density at radius 3 is 2.52 bits per heavy atom. The Kier molecular flexibility index (Phi) is 7.02. The molecule has 2 aromatic carbocycles. The molecule has 2 unspecified atom stereocenters. The second-order valence-electron chi connectivity index (χ2n) is 6.01. The molecule has 1 N–H and O–H groups in total. The number of amides is 1. The molecule has 0 aliphatic carbocycles. The van der Waals surface area contributed by atoms with Crippen molar-refractivity contribution in [2.75, 3.05) is 13.7 Å². The number of hydrogen-bond acceptors (Lipinski definition) is 3. The van der Waals surface area contributed by atoms with E-state index in [1.807, 2.05) is 44.2 Å². The first-order valence-electron chi connectivity index (χ1n) is 8.38. The Balaban J connectivity index is 2.12. The molecule has 0 spiro atoms. The minimum absolute atomic E-state index is 0.148. The van der Waals surface area contributed by atoms with E-state index in [0.717, 1.165) is 22.2 Å². The van der Waals surface area contributed by atoms with Gasteiger partial charge in [-0.15, -0.1) is 0 Å². The molecule has 0 fully saturated rings. The first kappa shape index (κ1) is 19.5. The Morgan fingerprint density at radius 1 is 1.24 bits per heavy atom. The van der Waals surface area contributed by atoms with Gasteiger partial charge >= 0.3 is 0 Å². The smallest absolute Gasteiger partial charge is 0.253 e. The van der Waals surface area contributed by atoms with Gasteiger partial charge in [0.2, 0.25) is 0 Å². The highest BCUT2D eigenvalue weighted by molar-refractivity contribution is 9.10. The second kappa shape index (κ2) is 9.02. The zero-order chi connectivity index (χ0) is 18.4. The lowest BCUT2D eigenvalue weighted by Crippen LogP contribution is -2.39. The summed E-state index contributed by atoms with van der Waals surface area (Å²) in [6.45, 7) is 4.51. The first-order chi connectivity index (χ1) is 12.0. The zero-order valence-electron chi connectivity index (χ0n) is 14.8. The number of benzene rings is 2. The molecule has 134 valence electrons. The quantitative estimate of drug-likeness (QED) is 0.740. The lowest BCUT2D eigenvalue weighted by atomic mass is 10.0. The van der Waals surface area contributed by atoms with E-state index in [-0.39, 0.29) is 11.9 Å². The van der Waals surface area contributed by atoms with E-state index in [1.54, 1.807) is 30.1 Å². The highest BCUT2D eigenvalue weighted by Crippen LogP contribution is 2.28. The maximum atomic E-state index is 12.8. The molecular weight excluding hydrogens is 382 g/mol. The van der Waals surface area contributed by atoms with Gasteiger partial charge in [-0.25, -0.2) is 0 Å². The summed E-state index contributed by atoms with van der Waals surface area (Å²) in [6, 6.07) is 14.3. The SMILES string of the molecule is CCCOc1ccc(C(=O)N(C)C(C)C(O)c2ccccc2)cc1Br. The molecule has 0 aliphatic rings. The van der Waals surface area contributed by atoms with Crippen LogP contribution in [-0.4, -0.2) is 35.6 Å². The fourth-order valence-corrected chi connectivity index (χ4v) is 2.99. The standard InChI is InChI=1S/C20H24BrNO3/c1-4-12-25-18-11-10-16(13-17(18)21)20(24)22(3)14(2)19(23)15-8-6-5-7-9-15/h5-11,13-14,19,23H,4,12H2,1-3H3. The minimum Gasteiger partial charge on any atom is -0.492 e. The van der Waals surface area contributed by atoms with Crippen molar-refractivity contribution in [3.8, 4) is 5.75 Å². The van der Waals surface area contributed by atoms with Crippen molar-refractivity contribution in [1.82, 2.24) is 4.90 Å². The van der Waals surface area contributed by atoms with Gasteiger partial charge in [0.15, 0.2) is 0 Å². The third-order valence-corrected chi connectivity index (χ3v) is 4.79. The molecular formula is C20H24BrNO3. The van der Waals surface area contributed by atoms with Crippen molar-refractivity contribution < 1.29 is 14.6 Å². The maximum absolute atomic E-state index is 12.8. The van der Waals surface area contributed by atoms with Crippen LogP contribution in [0.25, 0.3) is 0 Å². The van der Waals surface area contributed by atoms with Crippen molar-refractivity contribution in [2.24, 2.45) is 0 Å². The Bertz CT molecular complexity index is 705. The highest BCUT2D eigenvalue weighted by atomic mass is 79.9. The van der Waals surface area contributed by atoms with Gasteiger partial charge in [-0.3, -0.25) is 4.79 Å². The zero-order valence-corrected chi connectivity index (χ0v) is 16.4. The van der Waals surface area contributed by atoms with Gasteiger partial charge in [0, 0.05) is 12.6 Å². The van der Waals surface area contributed by atoms with Gasteiger partial charge in [-0.05, 0) is 53.0 Å². The summed E-state index contributed by atoms with van der Waals surface area (Å²) in [5.74, 6) is 0.573. The molecule has 0 bridgehead atoms. The van der Waals surface area contributed by atoms with E-state index >= 15 is 0 Å². The molecule has 0 heterocycles. The van der Waals surface area contributed by atoms with Crippen LogP contribution in [0.1, 0.15) is 42.3 Å². The summed E-state index contributed by atoms with van der Waals surface area (Å²) >= 11 is 3.45. The predicted octanol–water partition coefficient (Wildman–Crippen LogP) is 4.43. The maximum Gasteiger partial charge on any atom is 0.253 e. The number of rotatable bonds is 7. The van der Waals surface area contributed by atoms with Gasteiger partial charge in [0.05, 0.1) is 23.2 Å². The Hall–Kier alpha value is -1.85. The second-order valence-corrected chi connectivity index (χ2v) is 6.86. The van der Waals surface area contributed by atoms with Gasteiger partial charge in [-0.2, -0.15) is 0 Å². The number of aliphatic hydroxyl groups excluding tert-OH is 1. The van der Waals surface area contributed by atoms with Gasteiger partial charge < -0.3 is 14.7 Å². The molecule has 25 heavy (non-hydrogen) atoms. The lowest BCUT2D eigenvalue weighted by molar-refractivity contribution is 0.0487. The van der Waals surface area contributed by atoms with E-state index in [4.69, 9.17) is 4.74 Å². The molecule has 5 heteroatoms. The molecule has 0 saturated carbocycles. The van der Waals surface area contributed by atoms with Crippen molar-refractivity contribution >= 4 is 21.8 Å². The monoisotopic (exact) mass is 405 g/mol. The van der Waals surface area contributed by atoms with Gasteiger partial charge in [0.25, 0.3) is 5.91 Å². The molecule has 0 saturated heterocycles. The third-order valence-electron chi connectivity index (χ3n) is 4.17. The van der Waals surface area contributed by atoms with Crippen LogP contribution >= 0.6 is 15.9 Å². The molecule has 1 amide bonds. The van der Waals surface area contributed by atoms with Crippen molar-refractivity contribution in [3.05, 3.63) is 64.1 Å². The fraction of sp³-hybridized carbons (Fsp3) is 0.350. The Labute approximate surface area is 157 Å². The third kappa shape index (κ3) is 4.83. The summed E-state index contributed by atoms with van der Waals surface area (Å²) in [5.41, 5.74) is 1.34. The van der Waals surface area contributed by atoms with E-state index in [2.05, 4.69) is 15.9 Å². The van der Waals surface area contributed by atoms with Crippen LogP contribution in [0, 0.1) is 0 Å². The van der Waals surface area contributed by atoms with Crippen LogP contribution in [0.2, 0.25) is 0 Å². The van der Waals surface area contributed by atoms with Crippen LogP contribution in [0.15, 0.2) is 53.0 Å². The number of halogens is 1. The summed E-state index contributed by atoms with van der Waals surface area (Å²) in [7, 11) is 1.70. The molecule has 2 aromatic rings. The molecule has 0 radical (unpaired) electrons. The first-order valence-corrected chi connectivity index (χ1v) is 9.17. The average Bonchev–Trinajstić information content (AvgIpc) is 2.65. The van der Waals surface area contributed by atoms with Crippen LogP contribution in [-0.2, 0) is 0 Å². The molecule has 0 aliphatic heterocycles. The predicted molar refractivity (Wildman–Crippen MR) is 103 cm³/mol. The minimum atomic E-state index is -0.745. The number of nitrogens with zero attached hydrogens (tertiary/aromatic N) is 1. The van der Waals surface area contributed by atoms with E-state index in [0.29, 0.717) is 12.2 Å². The lowest BCUT2D eigenvalue weighted by Gasteiger charge is -2.29. The fourth-order valence-electron chi connectivity index (χ4n) is 2.49. The molecule has 2 atom stereocenters. The van der Waals surface area contributed by atoms with E-state index in [9.17, 15) is 9.90 Å². The Morgan fingerprint density at radius 2 is 1.92 bits per heavy atom. The average molecular weight is 406 g/mol. The number of aliphatic hydroxyl groups is 1. The van der Waals surface area contributed by atoms with Crippen LogP contribution in [0.4, 0.5) is 0 Å². The van der Waals surface area contributed by atoms with E-state index < -0.39 is 6.10 Å². The number of ether oxygens (including phenoxy) is 1. The highest BCUT2D eigenvalue weighted by Gasteiger charge is 2.25. The molecule has 2 rings (SSSR count). The number of hydrogen-bond donors (Lipinski definition) is 1. The number of carbonyl (C=O) groups is 1. The van der Waals surface area contributed by atoms with Gasteiger partial charge in [0.1, 0.15) is 5.75 Å². The molecule has 0 aromatic heterocycles. The summed E-state index contributed by atoms with van der Waals surface area (Å²) in [4.78, 5) is 14.3. The van der Waals surface area contributed by atoms with Crippen molar-refractivity contribution in [1.29, 1.82) is 0 Å². The van der Waals surface area contributed by atoms with Crippen molar-refractivity contribution in [2.45, 2.75) is 32.4 Å². The van der Waals surface area contributed by atoms with Crippen molar-refractivity contribution in [3.63, 3.8) is 0 Å². The van der Waals surface area contributed by atoms with Gasteiger partial charge in [-0.1, -0.05) is 37.3 Å². The number of carbonyl (C=O) groups excluding carboxylic acids is 1. The van der Waals surface area contributed by atoms with E-state index in [1.165, 1.54) is 0 Å². The van der Waals surface area contributed by atoms with Crippen LogP contribution in [0.5, 0.6) is 5.75 Å². The normalized spacial score (nSPS) is 13.2. The number of likely N-dealkylation sites (N-methyl/N-ethyl adjacent to an activating group) is 1.